The van der Waals surface area contributed by atoms with Gasteiger partial charge in [-0.25, -0.2) is 9.97 Å². The third-order valence-electron chi connectivity index (χ3n) is 3.98. The average Bonchev–Trinajstić information content (AvgIpc) is 3.15. The fourth-order valence-electron chi connectivity index (χ4n) is 2.60. The lowest BCUT2D eigenvalue weighted by Gasteiger charge is -2.22. The quantitative estimate of drug-likeness (QED) is 0.765. The zero-order chi connectivity index (χ0) is 12.5. The average molecular weight is 266 g/mol. The van der Waals surface area contributed by atoms with E-state index in [1.807, 2.05) is 6.07 Å². The third-order valence-corrected chi connectivity index (χ3v) is 4.18. The van der Waals surface area contributed by atoms with Gasteiger partial charge in [-0.3, -0.25) is 0 Å². The number of halogens is 1. The second-order valence-electron chi connectivity index (χ2n) is 5.70. The Hall–Kier alpha value is -0.830. The van der Waals surface area contributed by atoms with Gasteiger partial charge in [-0.1, -0.05) is 18.5 Å². The van der Waals surface area contributed by atoms with Crippen molar-refractivity contribution >= 4 is 17.4 Å². The Kier molecular flexibility index (Phi) is 3.42. The molecule has 98 valence electrons. The Morgan fingerprint density at radius 2 is 2.00 bits per heavy atom. The summed E-state index contributed by atoms with van der Waals surface area (Å²) in [5, 5.41) is 0.596. The molecule has 1 aliphatic carbocycles. The maximum Gasteiger partial charge on any atom is 0.135 e. The van der Waals surface area contributed by atoms with Crippen LogP contribution in [0.5, 0.6) is 0 Å². The standard InChI is InChI=1S/C14H20ClN3/c1-10-3-2-7-18(8-6-10)13-9-12(15)16-14(17-13)11-4-5-11/h9-11H,2-8H2,1H3. The van der Waals surface area contributed by atoms with E-state index in [2.05, 4.69) is 16.8 Å². The molecule has 1 unspecified atom stereocenters. The smallest absolute Gasteiger partial charge is 0.135 e. The van der Waals surface area contributed by atoms with Crippen LogP contribution in [0, 0.1) is 5.92 Å². The first-order valence-electron chi connectivity index (χ1n) is 7.02. The van der Waals surface area contributed by atoms with Crippen LogP contribution in [0.3, 0.4) is 0 Å². The summed E-state index contributed by atoms with van der Waals surface area (Å²) >= 11 is 6.13. The first-order valence-corrected chi connectivity index (χ1v) is 7.39. The second kappa shape index (κ2) is 5.04. The van der Waals surface area contributed by atoms with E-state index in [9.17, 15) is 0 Å². The molecule has 4 heteroatoms. The minimum Gasteiger partial charge on any atom is -0.356 e. The molecule has 1 aliphatic heterocycles. The van der Waals surface area contributed by atoms with Gasteiger partial charge in [0.25, 0.3) is 0 Å². The highest BCUT2D eigenvalue weighted by Crippen LogP contribution is 2.39. The summed E-state index contributed by atoms with van der Waals surface area (Å²) in [6, 6.07) is 1.92. The number of hydrogen-bond donors (Lipinski definition) is 0. The summed E-state index contributed by atoms with van der Waals surface area (Å²) in [6.45, 7) is 4.53. The van der Waals surface area contributed by atoms with E-state index in [1.54, 1.807) is 0 Å². The van der Waals surface area contributed by atoms with Crippen molar-refractivity contribution in [3.8, 4) is 0 Å². The van der Waals surface area contributed by atoms with Crippen LogP contribution in [0.25, 0.3) is 0 Å². The number of hydrogen-bond acceptors (Lipinski definition) is 3. The van der Waals surface area contributed by atoms with Crippen molar-refractivity contribution < 1.29 is 0 Å². The molecule has 2 fully saturated rings. The van der Waals surface area contributed by atoms with Gasteiger partial charge in [-0.15, -0.1) is 0 Å². The van der Waals surface area contributed by atoms with E-state index in [-0.39, 0.29) is 0 Å². The Morgan fingerprint density at radius 3 is 2.78 bits per heavy atom. The number of nitrogens with zero attached hydrogens (tertiary/aromatic N) is 3. The molecule has 0 amide bonds. The summed E-state index contributed by atoms with van der Waals surface area (Å²) in [6.07, 6.45) is 6.26. The van der Waals surface area contributed by atoms with Gasteiger partial charge in [-0.2, -0.15) is 0 Å². The van der Waals surface area contributed by atoms with Crippen molar-refractivity contribution in [3.63, 3.8) is 0 Å². The lowest BCUT2D eigenvalue weighted by Crippen LogP contribution is -2.25. The highest BCUT2D eigenvalue weighted by Gasteiger charge is 2.28. The van der Waals surface area contributed by atoms with Gasteiger partial charge < -0.3 is 4.90 Å². The maximum absolute atomic E-state index is 6.13. The first-order chi connectivity index (χ1) is 8.72. The van der Waals surface area contributed by atoms with Gasteiger partial charge in [0.2, 0.25) is 0 Å². The van der Waals surface area contributed by atoms with Crippen molar-refractivity contribution in [2.24, 2.45) is 5.92 Å². The lowest BCUT2D eigenvalue weighted by molar-refractivity contribution is 0.521. The van der Waals surface area contributed by atoms with E-state index >= 15 is 0 Å². The van der Waals surface area contributed by atoms with Gasteiger partial charge in [0.1, 0.15) is 16.8 Å². The number of anilines is 1. The fourth-order valence-corrected chi connectivity index (χ4v) is 2.79. The van der Waals surface area contributed by atoms with Crippen LogP contribution in [0.1, 0.15) is 50.8 Å². The molecule has 3 rings (SSSR count). The Balaban J connectivity index is 1.81. The molecule has 1 saturated heterocycles. The molecule has 0 radical (unpaired) electrons. The summed E-state index contributed by atoms with van der Waals surface area (Å²) in [4.78, 5) is 11.5. The predicted molar refractivity (Wildman–Crippen MR) is 74.2 cm³/mol. The zero-order valence-electron chi connectivity index (χ0n) is 10.9. The zero-order valence-corrected chi connectivity index (χ0v) is 11.7. The van der Waals surface area contributed by atoms with Crippen molar-refractivity contribution in [2.75, 3.05) is 18.0 Å². The molecular weight excluding hydrogens is 246 g/mol. The molecule has 2 heterocycles. The van der Waals surface area contributed by atoms with Gasteiger partial charge in [0.15, 0.2) is 0 Å². The molecule has 18 heavy (non-hydrogen) atoms. The van der Waals surface area contributed by atoms with E-state index in [4.69, 9.17) is 16.6 Å². The van der Waals surface area contributed by atoms with Crippen LogP contribution in [-0.4, -0.2) is 23.1 Å². The summed E-state index contributed by atoms with van der Waals surface area (Å²) in [5.74, 6) is 3.38. The topological polar surface area (TPSA) is 29.0 Å². The summed E-state index contributed by atoms with van der Waals surface area (Å²) in [7, 11) is 0. The van der Waals surface area contributed by atoms with E-state index in [1.165, 1.54) is 32.1 Å². The van der Waals surface area contributed by atoms with Crippen LogP contribution in [0.2, 0.25) is 5.15 Å². The third kappa shape index (κ3) is 2.77. The van der Waals surface area contributed by atoms with E-state index in [0.717, 1.165) is 30.6 Å². The largest absolute Gasteiger partial charge is 0.356 e. The second-order valence-corrected chi connectivity index (χ2v) is 6.09. The SMILES string of the molecule is CC1CCCN(c2cc(Cl)nc(C3CC3)n2)CC1. The first kappa shape index (κ1) is 12.2. The van der Waals surface area contributed by atoms with Crippen molar-refractivity contribution in [3.05, 3.63) is 17.0 Å². The molecular formula is C14H20ClN3. The normalized spacial score (nSPS) is 25.0. The van der Waals surface area contributed by atoms with Crippen LogP contribution >= 0.6 is 11.6 Å². The molecule has 0 bridgehead atoms. The highest BCUT2D eigenvalue weighted by molar-refractivity contribution is 6.29. The molecule has 1 aromatic heterocycles. The van der Waals surface area contributed by atoms with Gasteiger partial charge in [0.05, 0.1) is 0 Å². The Morgan fingerprint density at radius 1 is 1.17 bits per heavy atom. The Bertz CT molecular complexity index is 431. The monoisotopic (exact) mass is 265 g/mol. The van der Waals surface area contributed by atoms with Gasteiger partial charge >= 0.3 is 0 Å². The van der Waals surface area contributed by atoms with Crippen molar-refractivity contribution in [1.82, 2.24) is 9.97 Å². The molecule has 0 aromatic carbocycles. The van der Waals surface area contributed by atoms with Crippen LogP contribution in [-0.2, 0) is 0 Å². The van der Waals surface area contributed by atoms with Crippen LogP contribution in [0.4, 0.5) is 5.82 Å². The van der Waals surface area contributed by atoms with Gasteiger partial charge in [0, 0.05) is 25.1 Å². The summed E-state index contributed by atoms with van der Waals surface area (Å²) < 4.78 is 0. The van der Waals surface area contributed by atoms with Crippen LogP contribution < -0.4 is 4.90 Å². The molecule has 1 aromatic rings. The molecule has 2 aliphatic rings. The Labute approximate surface area is 114 Å². The lowest BCUT2D eigenvalue weighted by atomic mass is 10.0. The molecule has 3 nitrogen and oxygen atoms in total. The molecule has 1 saturated carbocycles. The van der Waals surface area contributed by atoms with Crippen molar-refractivity contribution in [1.29, 1.82) is 0 Å². The molecule has 0 N–H and O–H groups in total. The maximum atomic E-state index is 6.13. The number of aromatic nitrogens is 2. The minimum absolute atomic E-state index is 0.563. The van der Waals surface area contributed by atoms with E-state index in [0.29, 0.717) is 11.1 Å². The fraction of sp³-hybridized carbons (Fsp3) is 0.714. The highest BCUT2D eigenvalue weighted by atomic mass is 35.5. The predicted octanol–water partition coefficient (Wildman–Crippen LogP) is 3.63. The molecule has 1 atom stereocenters. The molecule has 0 spiro atoms. The number of rotatable bonds is 2. The van der Waals surface area contributed by atoms with Crippen LogP contribution in [0.15, 0.2) is 6.07 Å². The van der Waals surface area contributed by atoms with Crippen molar-refractivity contribution in [2.45, 2.75) is 44.9 Å². The van der Waals surface area contributed by atoms with E-state index < -0.39 is 0 Å². The minimum atomic E-state index is 0.563. The van der Waals surface area contributed by atoms with Gasteiger partial charge in [-0.05, 0) is 38.0 Å². The summed E-state index contributed by atoms with van der Waals surface area (Å²) in [5.41, 5.74) is 0.